The first kappa shape index (κ1) is 8.95. The van der Waals surface area contributed by atoms with Gasteiger partial charge in [0.05, 0.1) is 0 Å². The summed E-state index contributed by atoms with van der Waals surface area (Å²) < 4.78 is 0. The van der Waals surface area contributed by atoms with Crippen LogP contribution in [-0.4, -0.2) is 5.78 Å². The molecule has 0 aromatic carbocycles. The van der Waals surface area contributed by atoms with Gasteiger partial charge in [-0.2, -0.15) is 0 Å². The van der Waals surface area contributed by atoms with Gasteiger partial charge in [0.2, 0.25) is 0 Å². The number of hydrogen-bond acceptors (Lipinski definition) is 2. The molecule has 0 spiro atoms. The van der Waals surface area contributed by atoms with E-state index in [9.17, 15) is 4.79 Å². The fraction of sp³-hybridized carbons (Fsp3) is 0.545. The molecule has 0 saturated heterocycles. The molecule has 0 N–H and O–H groups in total. The summed E-state index contributed by atoms with van der Waals surface area (Å²) in [6.45, 7) is 4.36. The molecule has 70 valence electrons. The third-order valence-corrected chi connectivity index (χ3v) is 3.90. The van der Waals surface area contributed by atoms with Gasteiger partial charge in [-0.3, -0.25) is 4.79 Å². The van der Waals surface area contributed by atoms with E-state index in [0.717, 1.165) is 19.3 Å². The molecule has 2 heteroatoms. The second kappa shape index (κ2) is 2.95. The summed E-state index contributed by atoms with van der Waals surface area (Å²) in [6, 6.07) is 2.18. The van der Waals surface area contributed by atoms with E-state index in [1.165, 1.54) is 10.4 Å². The van der Waals surface area contributed by atoms with Crippen molar-refractivity contribution in [2.45, 2.75) is 38.5 Å². The number of carbonyl (C=O) groups excluding carboxylic acids is 1. The summed E-state index contributed by atoms with van der Waals surface area (Å²) in [4.78, 5) is 12.6. The first-order chi connectivity index (χ1) is 6.12. The quantitative estimate of drug-likeness (QED) is 0.671. The van der Waals surface area contributed by atoms with Crippen LogP contribution in [0.5, 0.6) is 0 Å². The first-order valence-corrected chi connectivity index (χ1v) is 5.56. The maximum atomic E-state index is 11.3. The fourth-order valence-electron chi connectivity index (χ4n) is 2.27. The molecule has 0 amide bonds. The van der Waals surface area contributed by atoms with E-state index in [4.69, 9.17) is 0 Å². The van der Waals surface area contributed by atoms with Crippen LogP contribution in [0.4, 0.5) is 0 Å². The molecule has 1 aromatic rings. The maximum absolute atomic E-state index is 11.3. The predicted octanol–water partition coefficient (Wildman–Crippen LogP) is 3.07. The number of ketones is 1. The van der Waals surface area contributed by atoms with Gasteiger partial charge in [0.1, 0.15) is 5.78 Å². The number of aryl methyl sites for hydroxylation is 1. The van der Waals surface area contributed by atoms with Crippen LogP contribution in [0.15, 0.2) is 11.4 Å². The van der Waals surface area contributed by atoms with Crippen molar-refractivity contribution in [2.24, 2.45) is 0 Å². The summed E-state index contributed by atoms with van der Waals surface area (Å²) in [5.41, 5.74) is 1.53. The van der Waals surface area contributed by atoms with Crippen LogP contribution in [0.25, 0.3) is 0 Å². The molecule has 0 radical (unpaired) electrons. The van der Waals surface area contributed by atoms with E-state index in [2.05, 4.69) is 25.3 Å². The molecule has 1 atom stereocenters. The van der Waals surface area contributed by atoms with Gasteiger partial charge in [-0.15, -0.1) is 11.3 Å². The highest BCUT2D eigenvalue weighted by Gasteiger charge is 2.36. The highest BCUT2D eigenvalue weighted by Crippen LogP contribution is 2.41. The SMILES string of the molecule is Cc1sccc1C1(C)CCC(=O)C1. The maximum Gasteiger partial charge on any atom is 0.133 e. The molecule has 1 aliphatic rings. The third kappa shape index (κ3) is 1.44. The highest BCUT2D eigenvalue weighted by molar-refractivity contribution is 7.10. The summed E-state index contributed by atoms with van der Waals surface area (Å²) in [5, 5.41) is 2.12. The van der Waals surface area contributed by atoms with Crippen molar-refractivity contribution >= 4 is 17.1 Å². The van der Waals surface area contributed by atoms with Crippen molar-refractivity contribution in [1.82, 2.24) is 0 Å². The lowest BCUT2D eigenvalue weighted by Gasteiger charge is -2.22. The second-order valence-electron chi connectivity index (χ2n) is 4.17. The Kier molecular flexibility index (Phi) is 2.03. The van der Waals surface area contributed by atoms with Crippen LogP contribution in [0, 0.1) is 6.92 Å². The topological polar surface area (TPSA) is 17.1 Å². The molecule has 1 unspecified atom stereocenters. The largest absolute Gasteiger partial charge is 0.300 e. The first-order valence-electron chi connectivity index (χ1n) is 4.68. The van der Waals surface area contributed by atoms with Crippen molar-refractivity contribution in [2.75, 3.05) is 0 Å². The Labute approximate surface area is 82.8 Å². The lowest BCUT2D eigenvalue weighted by molar-refractivity contribution is -0.117. The van der Waals surface area contributed by atoms with Gasteiger partial charge in [-0.1, -0.05) is 6.92 Å². The van der Waals surface area contributed by atoms with Gasteiger partial charge >= 0.3 is 0 Å². The lowest BCUT2D eigenvalue weighted by Crippen LogP contribution is -2.17. The number of Topliss-reactive ketones (excluding diaryl/α,β-unsaturated/α-hetero) is 1. The number of carbonyl (C=O) groups is 1. The molecule has 0 bridgehead atoms. The predicted molar refractivity (Wildman–Crippen MR) is 55.3 cm³/mol. The third-order valence-electron chi connectivity index (χ3n) is 3.05. The molecule has 13 heavy (non-hydrogen) atoms. The average molecular weight is 194 g/mol. The standard InChI is InChI=1S/C11H14OS/c1-8-10(4-6-13-8)11(2)5-3-9(12)7-11/h4,6H,3,5,7H2,1-2H3. The Morgan fingerprint density at radius 1 is 1.54 bits per heavy atom. The van der Waals surface area contributed by atoms with Crippen LogP contribution >= 0.6 is 11.3 Å². The van der Waals surface area contributed by atoms with Crippen LogP contribution < -0.4 is 0 Å². The van der Waals surface area contributed by atoms with Crippen molar-refractivity contribution in [3.63, 3.8) is 0 Å². The molecular weight excluding hydrogens is 180 g/mol. The minimum absolute atomic E-state index is 0.140. The smallest absolute Gasteiger partial charge is 0.133 e. The Morgan fingerprint density at radius 2 is 2.31 bits per heavy atom. The summed E-state index contributed by atoms with van der Waals surface area (Å²) in [6.07, 6.45) is 2.54. The number of hydrogen-bond donors (Lipinski definition) is 0. The van der Waals surface area contributed by atoms with Crippen molar-refractivity contribution in [1.29, 1.82) is 0 Å². The summed E-state index contributed by atoms with van der Waals surface area (Å²) in [5.74, 6) is 0.424. The molecule has 0 aliphatic heterocycles. The van der Waals surface area contributed by atoms with Gasteiger partial charge in [-0.05, 0) is 30.4 Å². The van der Waals surface area contributed by atoms with Crippen LogP contribution in [0.1, 0.15) is 36.6 Å². The lowest BCUT2D eigenvalue weighted by atomic mass is 9.81. The van der Waals surface area contributed by atoms with Gasteiger partial charge < -0.3 is 0 Å². The zero-order valence-corrected chi connectivity index (χ0v) is 8.91. The molecule has 2 rings (SSSR count). The number of rotatable bonds is 1. The molecule has 1 heterocycles. The molecule has 1 aliphatic carbocycles. The number of thiophene rings is 1. The van der Waals surface area contributed by atoms with E-state index in [1.807, 2.05) is 0 Å². The molecule has 1 aromatic heterocycles. The normalized spacial score (nSPS) is 28.3. The summed E-state index contributed by atoms with van der Waals surface area (Å²) >= 11 is 1.78. The van der Waals surface area contributed by atoms with Gasteiger partial charge in [0.15, 0.2) is 0 Å². The minimum atomic E-state index is 0.140. The Bertz CT molecular complexity index is 340. The van der Waals surface area contributed by atoms with Gasteiger partial charge in [0.25, 0.3) is 0 Å². The molecule has 1 saturated carbocycles. The Hall–Kier alpha value is -0.630. The van der Waals surface area contributed by atoms with E-state index in [-0.39, 0.29) is 5.41 Å². The van der Waals surface area contributed by atoms with Crippen LogP contribution in [0.2, 0.25) is 0 Å². The van der Waals surface area contributed by atoms with E-state index < -0.39 is 0 Å². The van der Waals surface area contributed by atoms with Crippen molar-refractivity contribution < 1.29 is 4.79 Å². The van der Waals surface area contributed by atoms with Gasteiger partial charge in [0, 0.05) is 23.1 Å². The average Bonchev–Trinajstić information content (AvgIpc) is 2.59. The Morgan fingerprint density at radius 3 is 2.77 bits per heavy atom. The van der Waals surface area contributed by atoms with E-state index in [1.54, 1.807) is 11.3 Å². The molecular formula is C11H14OS. The van der Waals surface area contributed by atoms with E-state index >= 15 is 0 Å². The monoisotopic (exact) mass is 194 g/mol. The highest BCUT2D eigenvalue weighted by atomic mass is 32.1. The zero-order chi connectivity index (χ0) is 9.47. The minimum Gasteiger partial charge on any atom is -0.300 e. The Balaban J connectivity index is 2.35. The molecule has 1 fully saturated rings. The van der Waals surface area contributed by atoms with Gasteiger partial charge in [-0.25, -0.2) is 0 Å². The van der Waals surface area contributed by atoms with E-state index in [0.29, 0.717) is 5.78 Å². The summed E-state index contributed by atoms with van der Waals surface area (Å²) in [7, 11) is 0. The van der Waals surface area contributed by atoms with Crippen molar-refractivity contribution in [3.8, 4) is 0 Å². The van der Waals surface area contributed by atoms with Crippen LogP contribution in [-0.2, 0) is 10.2 Å². The van der Waals surface area contributed by atoms with Crippen LogP contribution in [0.3, 0.4) is 0 Å². The van der Waals surface area contributed by atoms with Crippen molar-refractivity contribution in [3.05, 3.63) is 21.9 Å². The molecule has 1 nitrogen and oxygen atoms in total. The fourth-order valence-corrected chi connectivity index (χ4v) is 3.12. The zero-order valence-electron chi connectivity index (χ0n) is 8.09. The second-order valence-corrected chi connectivity index (χ2v) is 5.29.